The number of phenolic OH excluding ortho intramolecular Hbond substituents is 1. The Morgan fingerprint density at radius 3 is 2.52 bits per heavy atom. The van der Waals surface area contributed by atoms with Gasteiger partial charge in [0.1, 0.15) is 16.6 Å². The van der Waals surface area contributed by atoms with Crippen LogP contribution in [0.3, 0.4) is 0 Å². The van der Waals surface area contributed by atoms with Gasteiger partial charge in [-0.05, 0) is 29.3 Å². The fourth-order valence-corrected chi connectivity index (χ4v) is 4.01. The Hall–Kier alpha value is -2.68. The number of likely N-dealkylation sites (N-methyl/N-ethyl adjacent to an activating group) is 1. The summed E-state index contributed by atoms with van der Waals surface area (Å²) in [5.74, 6) is -0.534. The molecule has 1 aliphatic heterocycles. The highest BCUT2D eigenvalue weighted by Crippen LogP contribution is 2.32. The zero-order chi connectivity index (χ0) is 21.0. The number of carbonyl (C=O) groups is 2. The van der Waals surface area contributed by atoms with Crippen LogP contribution in [0.5, 0.6) is 5.75 Å². The van der Waals surface area contributed by atoms with E-state index in [0.29, 0.717) is 14.8 Å². The number of phenols is 1. The van der Waals surface area contributed by atoms with Crippen molar-refractivity contribution < 1.29 is 19.8 Å². The van der Waals surface area contributed by atoms with Crippen molar-refractivity contribution in [2.45, 2.75) is 6.10 Å². The number of aliphatic hydroxyl groups excluding tert-OH is 1. The van der Waals surface area contributed by atoms with E-state index in [0.717, 1.165) is 5.56 Å². The van der Waals surface area contributed by atoms with E-state index in [1.165, 1.54) is 33.7 Å². The predicted octanol–water partition coefficient (Wildman–Crippen LogP) is 2.79. The smallest absolute Gasteiger partial charge is 0.266 e. The molecule has 0 radical (unpaired) electrons. The lowest BCUT2D eigenvalue weighted by atomic mass is 10.1. The largest absolute Gasteiger partial charge is 0.508 e. The number of aliphatic hydroxyl groups is 1. The number of benzene rings is 2. The second kappa shape index (κ2) is 9.21. The van der Waals surface area contributed by atoms with Gasteiger partial charge in [-0.3, -0.25) is 14.5 Å². The van der Waals surface area contributed by atoms with Crippen molar-refractivity contribution >= 4 is 46.2 Å². The summed E-state index contributed by atoms with van der Waals surface area (Å²) in [6, 6.07) is 15.5. The van der Waals surface area contributed by atoms with E-state index in [2.05, 4.69) is 0 Å². The minimum atomic E-state index is -0.909. The Kier molecular flexibility index (Phi) is 6.68. The molecule has 0 aliphatic carbocycles. The molecule has 0 spiro atoms. The minimum Gasteiger partial charge on any atom is -0.508 e. The second-order valence-corrected chi connectivity index (χ2v) is 8.24. The van der Waals surface area contributed by atoms with Gasteiger partial charge in [0.15, 0.2) is 0 Å². The first-order valence-corrected chi connectivity index (χ1v) is 10.1. The Labute approximate surface area is 178 Å². The van der Waals surface area contributed by atoms with E-state index in [1.54, 1.807) is 25.3 Å². The van der Waals surface area contributed by atoms with Crippen molar-refractivity contribution in [3.05, 3.63) is 70.6 Å². The third kappa shape index (κ3) is 5.23. The van der Waals surface area contributed by atoms with Crippen molar-refractivity contribution in [3.63, 3.8) is 0 Å². The molecule has 150 valence electrons. The van der Waals surface area contributed by atoms with Gasteiger partial charge in [0.2, 0.25) is 5.91 Å². The van der Waals surface area contributed by atoms with E-state index < -0.39 is 6.10 Å². The van der Waals surface area contributed by atoms with Gasteiger partial charge in [0, 0.05) is 7.05 Å². The van der Waals surface area contributed by atoms with Crippen LogP contribution in [0.1, 0.15) is 17.2 Å². The van der Waals surface area contributed by atoms with Crippen LogP contribution >= 0.6 is 24.0 Å². The minimum absolute atomic E-state index is 0.0538. The zero-order valence-electron chi connectivity index (χ0n) is 15.7. The molecule has 0 aromatic heterocycles. The molecule has 2 aromatic carbocycles. The lowest BCUT2D eigenvalue weighted by Gasteiger charge is -2.23. The number of aromatic hydroxyl groups is 1. The molecular formula is C21H20N2O4S2. The molecule has 1 unspecified atom stereocenters. The van der Waals surface area contributed by atoms with E-state index >= 15 is 0 Å². The Morgan fingerprint density at radius 1 is 1.21 bits per heavy atom. The summed E-state index contributed by atoms with van der Waals surface area (Å²) < 4.78 is 0.331. The molecule has 1 heterocycles. The normalized spacial score (nSPS) is 16.3. The Balaban J connectivity index is 1.62. The zero-order valence-corrected chi connectivity index (χ0v) is 17.3. The van der Waals surface area contributed by atoms with Gasteiger partial charge in [0.25, 0.3) is 5.91 Å². The summed E-state index contributed by atoms with van der Waals surface area (Å²) in [6.07, 6.45) is 0.843. The standard InChI is InChI=1S/C21H20N2O4S2/c1-22(12-17(25)15-7-9-16(24)10-8-15)19(26)13-23-20(27)18(29-21(23)28)11-14-5-3-2-4-6-14/h2-11,17,24-25H,12-13H2,1H3. The summed E-state index contributed by atoms with van der Waals surface area (Å²) in [6.45, 7) is -0.131. The topological polar surface area (TPSA) is 81.1 Å². The molecule has 1 fully saturated rings. The predicted molar refractivity (Wildman–Crippen MR) is 117 cm³/mol. The molecule has 2 aromatic rings. The van der Waals surface area contributed by atoms with Crippen molar-refractivity contribution in [1.29, 1.82) is 0 Å². The average molecular weight is 429 g/mol. The van der Waals surface area contributed by atoms with Gasteiger partial charge < -0.3 is 15.1 Å². The number of amides is 2. The number of thioether (sulfide) groups is 1. The summed E-state index contributed by atoms with van der Waals surface area (Å²) >= 11 is 6.44. The van der Waals surface area contributed by atoms with Crippen molar-refractivity contribution in [2.24, 2.45) is 0 Å². The highest BCUT2D eigenvalue weighted by Gasteiger charge is 2.34. The summed E-state index contributed by atoms with van der Waals surface area (Å²) in [7, 11) is 1.56. The second-order valence-electron chi connectivity index (χ2n) is 6.56. The number of hydrogen-bond acceptors (Lipinski definition) is 6. The maximum Gasteiger partial charge on any atom is 0.266 e. The molecule has 1 atom stereocenters. The van der Waals surface area contributed by atoms with Gasteiger partial charge in [-0.2, -0.15) is 0 Å². The van der Waals surface area contributed by atoms with Crippen molar-refractivity contribution in [1.82, 2.24) is 9.80 Å². The van der Waals surface area contributed by atoms with Gasteiger partial charge in [-0.15, -0.1) is 0 Å². The fourth-order valence-electron chi connectivity index (χ4n) is 2.76. The van der Waals surface area contributed by atoms with Crippen molar-refractivity contribution in [3.8, 4) is 5.75 Å². The molecule has 0 saturated carbocycles. The average Bonchev–Trinajstić information content (AvgIpc) is 2.96. The Bertz CT molecular complexity index is 945. The molecule has 2 amide bonds. The fraction of sp³-hybridized carbons (Fsp3) is 0.190. The van der Waals surface area contributed by atoms with Gasteiger partial charge in [0.05, 0.1) is 17.6 Å². The third-order valence-corrected chi connectivity index (χ3v) is 5.79. The first-order chi connectivity index (χ1) is 13.8. The van der Waals surface area contributed by atoms with Crippen molar-refractivity contribution in [2.75, 3.05) is 20.1 Å². The van der Waals surface area contributed by atoms with E-state index in [1.807, 2.05) is 30.3 Å². The molecule has 3 rings (SSSR count). The van der Waals surface area contributed by atoms with E-state index in [9.17, 15) is 19.8 Å². The lowest BCUT2D eigenvalue weighted by Crippen LogP contribution is -2.41. The van der Waals surface area contributed by atoms with E-state index in [-0.39, 0.29) is 30.7 Å². The maximum atomic E-state index is 12.7. The first kappa shape index (κ1) is 21.0. The van der Waals surface area contributed by atoms with Crippen LogP contribution in [-0.4, -0.2) is 56.3 Å². The van der Waals surface area contributed by atoms with Crippen LogP contribution in [0.2, 0.25) is 0 Å². The molecule has 2 N–H and O–H groups in total. The lowest BCUT2D eigenvalue weighted by molar-refractivity contribution is -0.135. The summed E-state index contributed by atoms with van der Waals surface area (Å²) in [5, 5.41) is 19.6. The summed E-state index contributed by atoms with van der Waals surface area (Å²) in [5.41, 5.74) is 1.47. The van der Waals surface area contributed by atoms with Crippen LogP contribution in [0.4, 0.5) is 0 Å². The maximum absolute atomic E-state index is 12.7. The number of thiocarbonyl (C=S) groups is 1. The molecule has 8 heteroatoms. The highest BCUT2D eigenvalue weighted by atomic mass is 32.2. The Morgan fingerprint density at radius 2 is 1.86 bits per heavy atom. The van der Waals surface area contributed by atoms with Crippen LogP contribution in [0, 0.1) is 0 Å². The number of hydrogen-bond donors (Lipinski definition) is 2. The number of rotatable bonds is 6. The molecule has 0 bridgehead atoms. The quantitative estimate of drug-likeness (QED) is 0.544. The van der Waals surface area contributed by atoms with Gasteiger partial charge in [-0.25, -0.2) is 0 Å². The van der Waals surface area contributed by atoms with Crippen LogP contribution in [0.15, 0.2) is 59.5 Å². The van der Waals surface area contributed by atoms with Crippen LogP contribution in [-0.2, 0) is 9.59 Å². The SMILES string of the molecule is CN(CC(O)c1ccc(O)cc1)C(=O)CN1C(=O)C(=Cc2ccccc2)SC1=S. The summed E-state index contributed by atoms with van der Waals surface area (Å²) in [4.78, 5) is 28.3. The monoisotopic (exact) mass is 428 g/mol. The molecule has 6 nitrogen and oxygen atoms in total. The molecular weight excluding hydrogens is 408 g/mol. The number of carbonyl (C=O) groups excluding carboxylic acids is 2. The van der Waals surface area contributed by atoms with Crippen LogP contribution < -0.4 is 0 Å². The van der Waals surface area contributed by atoms with Gasteiger partial charge >= 0.3 is 0 Å². The van der Waals surface area contributed by atoms with E-state index in [4.69, 9.17) is 12.2 Å². The third-order valence-electron chi connectivity index (χ3n) is 4.41. The molecule has 29 heavy (non-hydrogen) atoms. The highest BCUT2D eigenvalue weighted by molar-refractivity contribution is 8.26. The van der Waals surface area contributed by atoms with Crippen LogP contribution in [0.25, 0.3) is 6.08 Å². The molecule has 1 saturated heterocycles. The number of nitrogens with zero attached hydrogens (tertiary/aromatic N) is 2. The molecule has 1 aliphatic rings. The van der Waals surface area contributed by atoms with Gasteiger partial charge in [-0.1, -0.05) is 66.4 Å². The first-order valence-electron chi connectivity index (χ1n) is 8.86.